The summed E-state index contributed by atoms with van der Waals surface area (Å²) >= 11 is 0. The number of nitrogens with one attached hydrogen (secondary N) is 1. The summed E-state index contributed by atoms with van der Waals surface area (Å²) in [7, 11) is 4.12. The molecule has 0 spiro atoms. The lowest BCUT2D eigenvalue weighted by Gasteiger charge is -2.21. The highest BCUT2D eigenvalue weighted by atomic mass is 16.2. The zero-order chi connectivity index (χ0) is 17.4. The minimum absolute atomic E-state index is 0.0321. The Labute approximate surface area is 144 Å². The van der Waals surface area contributed by atoms with Gasteiger partial charge in [0.15, 0.2) is 0 Å². The molecule has 1 aromatic heterocycles. The SMILES string of the molecule is CCN(C(=O)c1ccc(NCCCN(C)C)nc1)c1ccccc1. The third kappa shape index (κ3) is 5.06. The number of pyridine rings is 1. The Kier molecular flexibility index (Phi) is 6.75. The van der Waals surface area contributed by atoms with Crippen molar-refractivity contribution in [1.29, 1.82) is 0 Å². The Hall–Kier alpha value is -2.40. The fraction of sp³-hybridized carbons (Fsp3) is 0.368. The van der Waals surface area contributed by atoms with E-state index in [0.29, 0.717) is 12.1 Å². The third-order valence-corrected chi connectivity index (χ3v) is 3.73. The molecule has 1 heterocycles. The zero-order valence-corrected chi connectivity index (χ0v) is 14.7. The van der Waals surface area contributed by atoms with E-state index in [-0.39, 0.29) is 5.91 Å². The van der Waals surface area contributed by atoms with E-state index in [0.717, 1.165) is 31.0 Å². The summed E-state index contributed by atoms with van der Waals surface area (Å²) in [5, 5.41) is 3.28. The van der Waals surface area contributed by atoms with Crippen LogP contribution in [0.5, 0.6) is 0 Å². The van der Waals surface area contributed by atoms with E-state index in [4.69, 9.17) is 0 Å². The molecule has 0 fully saturated rings. The number of nitrogens with zero attached hydrogens (tertiary/aromatic N) is 3. The van der Waals surface area contributed by atoms with Gasteiger partial charge in [-0.3, -0.25) is 4.79 Å². The van der Waals surface area contributed by atoms with E-state index in [1.807, 2.05) is 49.4 Å². The summed E-state index contributed by atoms with van der Waals surface area (Å²) in [6.07, 6.45) is 2.69. The van der Waals surface area contributed by atoms with Crippen molar-refractivity contribution in [3.05, 3.63) is 54.2 Å². The summed E-state index contributed by atoms with van der Waals surface area (Å²) in [6, 6.07) is 13.4. The van der Waals surface area contributed by atoms with Crippen LogP contribution < -0.4 is 10.2 Å². The first-order valence-corrected chi connectivity index (χ1v) is 8.33. The maximum absolute atomic E-state index is 12.7. The van der Waals surface area contributed by atoms with E-state index in [2.05, 4.69) is 29.3 Å². The van der Waals surface area contributed by atoms with E-state index in [1.54, 1.807) is 11.1 Å². The molecule has 1 aromatic carbocycles. The molecular weight excluding hydrogens is 300 g/mol. The van der Waals surface area contributed by atoms with Crippen LogP contribution in [0.25, 0.3) is 0 Å². The van der Waals surface area contributed by atoms with Crippen LogP contribution in [0.1, 0.15) is 23.7 Å². The standard InChI is InChI=1S/C19H26N4O/c1-4-23(17-9-6-5-7-10-17)19(24)16-11-12-18(21-15-16)20-13-8-14-22(2)3/h5-7,9-12,15H,4,8,13-14H2,1-3H3,(H,20,21). The van der Waals surface area contributed by atoms with Gasteiger partial charge in [0.2, 0.25) is 0 Å². The highest BCUT2D eigenvalue weighted by molar-refractivity contribution is 6.05. The zero-order valence-electron chi connectivity index (χ0n) is 14.7. The number of carbonyl (C=O) groups is 1. The topological polar surface area (TPSA) is 48.5 Å². The van der Waals surface area contributed by atoms with Crippen molar-refractivity contribution < 1.29 is 4.79 Å². The van der Waals surface area contributed by atoms with E-state index < -0.39 is 0 Å². The van der Waals surface area contributed by atoms with Crippen molar-refractivity contribution in [1.82, 2.24) is 9.88 Å². The summed E-state index contributed by atoms with van der Waals surface area (Å²) in [6.45, 7) is 4.49. The molecule has 0 aliphatic rings. The molecule has 5 heteroatoms. The van der Waals surface area contributed by atoms with Gasteiger partial charge in [0.05, 0.1) is 5.56 Å². The van der Waals surface area contributed by atoms with Crippen molar-refractivity contribution in [2.75, 3.05) is 43.9 Å². The molecule has 1 amide bonds. The lowest BCUT2D eigenvalue weighted by molar-refractivity contribution is 0.0988. The van der Waals surface area contributed by atoms with E-state index in [9.17, 15) is 4.79 Å². The van der Waals surface area contributed by atoms with Crippen molar-refractivity contribution in [2.45, 2.75) is 13.3 Å². The van der Waals surface area contributed by atoms with Crippen LogP contribution in [-0.2, 0) is 0 Å². The number of para-hydroxylation sites is 1. The molecule has 0 atom stereocenters. The van der Waals surface area contributed by atoms with Gasteiger partial charge in [0, 0.05) is 25.0 Å². The fourth-order valence-electron chi connectivity index (χ4n) is 2.44. The molecule has 1 N–H and O–H groups in total. The van der Waals surface area contributed by atoms with Gasteiger partial charge in [-0.25, -0.2) is 4.98 Å². The van der Waals surface area contributed by atoms with Crippen LogP contribution in [0.3, 0.4) is 0 Å². The molecular formula is C19H26N4O. The largest absolute Gasteiger partial charge is 0.370 e. The molecule has 5 nitrogen and oxygen atoms in total. The first kappa shape index (κ1) is 17.9. The molecule has 0 aliphatic heterocycles. The van der Waals surface area contributed by atoms with Gasteiger partial charge in [0.25, 0.3) is 5.91 Å². The van der Waals surface area contributed by atoms with E-state index >= 15 is 0 Å². The normalized spacial score (nSPS) is 10.7. The number of hydrogen-bond acceptors (Lipinski definition) is 4. The number of amides is 1. The number of hydrogen-bond donors (Lipinski definition) is 1. The predicted octanol–water partition coefficient (Wildman–Crippen LogP) is 3.11. The lowest BCUT2D eigenvalue weighted by Crippen LogP contribution is -2.30. The Balaban J connectivity index is 1.97. The van der Waals surface area contributed by atoms with Crippen LogP contribution in [0.2, 0.25) is 0 Å². The molecule has 0 unspecified atom stereocenters. The summed E-state index contributed by atoms with van der Waals surface area (Å²) < 4.78 is 0. The fourth-order valence-corrected chi connectivity index (χ4v) is 2.44. The highest BCUT2D eigenvalue weighted by Gasteiger charge is 2.16. The molecule has 2 aromatic rings. The summed E-state index contributed by atoms with van der Waals surface area (Å²) in [4.78, 5) is 20.9. The monoisotopic (exact) mass is 326 g/mol. The average molecular weight is 326 g/mol. The maximum Gasteiger partial charge on any atom is 0.259 e. The van der Waals surface area contributed by atoms with Gasteiger partial charge in [-0.05, 0) is 58.3 Å². The van der Waals surface area contributed by atoms with Gasteiger partial charge in [0.1, 0.15) is 5.82 Å². The van der Waals surface area contributed by atoms with Crippen molar-refractivity contribution in [2.24, 2.45) is 0 Å². The number of carbonyl (C=O) groups excluding carboxylic acids is 1. The average Bonchev–Trinajstić information content (AvgIpc) is 2.60. The molecule has 0 saturated heterocycles. The van der Waals surface area contributed by atoms with Gasteiger partial charge < -0.3 is 15.1 Å². The molecule has 0 aliphatic carbocycles. The van der Waals surface area contributed by atoms with Crippen LogP contribution in [-0.4, -0.2) is 49.5 Å². The van der Waals surface area contributed by atoms with Gasteiger partial charge in [-0.2, -0.15) is 0 Å². The second kappa shape index (κ2) is 9.03. The smallest absolute Gasteiger partial charge is 0.259 e. The minimum atomic E-state index is -0.0321. The maximum atomic E-state index is 12.7. The van der Waals surface area contributed by atoms with Crippen LogP contribution in [0.15, 0.2) is 48.7 Å². The summed E-state index contributed by atoms with van der Waals surface area (Å²) in [5.41, 5.74) is 1.50. The van der Waals surface area contributed by atoms with Crippen LogP contribution in [0, 0.1) is 0 Å². The predicted molar refractivity (Wildman–Crippen MR) is 99.7 cm³/mol. The van der Waals surface area contributed by atoms with Gasteiger partial charge in [-0.15, -0.1) is 0 Å². The van der Waals surface area contributed by atoms with Gasteiger partial charge >= 0.3 is 0 Å². The molecule has 0 bridgehead atoms. The first-order chi connectivity index (χ1) is 11.6. The highest BCUT2D eigenvalue weighted by Crippen LogP contribution is 2.17. The quantitative estimate of drug-likeness (QED) is 0.757. The number of aromatic nitrogens is 1. The van der Waals surface area contributed by atoms with Crippen molar-refractivity contribution in [3.8, 4) is 0 Å². The third-order valence-electron chi connectivity index (χ3n) is 3.73. The van der Waals surface area contributed by atoms with Gasteiger partial charge in [-0.1, -0.05) is 18.2 Å². The first-order valence-electron chi connectivity index (χ1n) is 8.33. The summed E-state index contributed by atoms with van der Waals surface area (Å²) in [5.74, 6) is 0.767. The number of rotatable bonds is 8. The van der Waals surface area contributed by atoms with Crippen molar-refractivity contribution in [3.63, 3.8) is 0 Å². The second-order valence-corrected chi connectivity index (χ2v) is 5.90. The Morgan fingerprint density at radius 3 is 2.46 bits per heavy atom. The number of anilines is 2. The second-order valence-electron chi connectivity index (χ2n) is 5.90. The molecule has 0 radical (unpaired) electrons. The number of benzene rings is 1. The lowest BCUT2D eigenvalue weighted by atomic mass is 10.2. The minimum Gasteiger partial charge on any atom is -0.370 e. The molecule has 2 rings (SSSR count). The molecule has 24 heavy (non-hydrogen) atoms. The molecule has 0 saturated carbocycles. The van der Waals surface area contributed by atoms with E-state index in [1.165, 1.54) is 0 Å². The van der Waals surface area contributed by atoms with Crippen molar-refractivity contribution >= 4 is 17.4 Å². The Morgan fingerprint density at radius 1 is 1.12 bits per heavy atom. The van der Waals surface area contributed by atoms with Crippen LogP contribution in [0.4, 0.5) is 11.5 Å². The Bertz CT molecular complexity index is 626. The molecule has 128 valence electrons. The Morgan fingerprint density at radius 2 is 1.88 bits per heavy atom. The van der Waals surface area contributed by atoms with Crippen LogP contribution >= 0.6 is 0 Å².